The quantitative estimate of drug-likeness (QED) is 0.857. The van der Waals surface area contributed by atoms with Gasteiger partial charge in [-0.2, -0.15) is 0 Å². The van der Waals surface area contributed by atoms with Crippen LogP contribution in [0.25, 0.3) is 11.3 Å². The Bertz CT molecular complexity index is 512. The van der Waals surface area contributed by atoms with Gasteiger partial charge >= 0.3 is 0 Å². The van der Waals surface area contributed by atoms with Crippen molar-refractivity contribution in [1.82, 2.24) is 9.97 Å². The number of halogens is 1. The summed E-state index contributed by atoms with van der Waals surface area (Å²) in [6, 6.07) is 8.11. The summed E-state index contributed by atoms with van der Waals surface area (Å²) in [5, 5.41) is 0.749. The van der Waals surface area contributed by atoms with E-state index in [2.05, 4.69) is 9.97 Å². The molecule has 2 aromatic rings. The minimum Gasteiger partial charge on any atom is -0.342 e. The minimum absolute atomic E-state index is 0.351. The molecule has 1 aliphatic rings. The second kappa shape index (κ2) is 4.17. The fraction of sp³-hybridized carbons (Fsp3) is 0.308. The van der Waals surface area contributed by atoms with Gasteiger partial charge < -0.3 is 10.7 Å². The average Bonchev–Trinajstić information content (AvgIpc) is 2.75. The van der Waals surface area contributed by atoms with Gasteiger partial charge in [0.15, 0.2) is 0 Å². The lowest BCUT2D eigenvalue weighted by atomic mass is 9.80. The van der Waals surface area contributed by atoms with Crippen LogP contribution in [0.3, 0.4) is 0 Å². The molecule has 3 rings (SSSR count). The van der Waals surface area contributed by atoms with Crippen LogP contribution in [-0.4, -0.2) is 16.0 Å². The number of benzene rings is 1. The Morgan fingerprint density at radius 3 is 2.59 bits per heavy atom. The van der Waals surface area contributed by atoms with Crippen LogP contribution >= 0.6 is 11.6 Å². The first-order valence-corrected chi connectivity index (χ1v) is 6.16. The largest absolute Gasteiger partial charge is 0.342 e. The van der Waals surface area contributed by atoms with Gasteiger partial charge in [0, 0.05) is 17.0 Å². The fourth-order valence-corrected chi connectivity index (χ4v) is 2.33. The van der Waals surface area contributed by atoms with Crippen LogP contribution in [0.5, 0.6) is 0 Å². The molecule has 0 atom stereocenters. The number of H-pyrrole nitrogens is 1. The van der Waals surface area contributed by atoms with Crippen molar-refractivity contribution < 1.29 is 0 Å². The van der Waals surface area contributed by atoms with Gasteiger partial charge in [-0.1, -0.05) is 23.7 Å². The molecule has 0 unspecified atom stereocenters. The molecule has 88 valence electrons. The number of nitrogens with two attached hydrogens (primary N) is 1. The third-order valence-electron chi connectivity index (χ3n) is 3.31. The number of hydrogen-bond acceptors (Lipinski definition) is 2. The van der Waals surface area contributed by atoms with E-state index in [-0.39, 0.29) is 0 Å². The van der Waals surface area contributed by atoms with Crippen molar-refractivity contribution in [3.8, 4) is 11.3 Å². The van der Waals surface area contributed by atoms with Crippen molar-refractivity contribution in [2.24, 2.45) is 5.73 Å². The Morgan fingerprint density at radius 1 is 1.24 bits per heavy atom. The smallest absolute Gasteiger partial charge is 0.109 e. The van der Waals surface area contributed by atoms with Crippen LogP contribution < -0.4 is 5.73 Å². The Kier molecular flexibility index (Phi) is 2.65. The average molecular weight is 248 g/mol. The first kappa shape index (κ1) is 10.8. The highest BCUT2D eigenvalue weighted by Crippen LogP contribution is 2.34. The van der Waals surface area contributed by atoms with E-state index < -0.39 is 0 Å². The van der Waals surface area contributed by atoms with Crippen LogP contribution in [0, 0.1) is 0 Å². The second-order valence-corrected chi connectivity index (χ2v) is 5.05. The summed E-state index contributed by atoms with van der Waals surface area (Å²) >= 11 is 5.86. The van der Waals surface area contributed by atoms with E-state index in [9.17, 15) is 0 Å². The predicted octanol–water partition coefficient (Wildman–Crippen LogP) is 2.93. The molecular formula is C13H14ClN3. The molecule has 0 spiro atoms. The van der Waals surface area contributed by atoms with Crippen LogP contribution in [0.15, 0.2) is 30.5 Å². The fourth-order valence-electron chi connectivity index (χ4n) is 2.21. The lowest BCUT2D eigenvalue weighted by molar-refractivity contribution is 0.340. The zero-order chi connectivity index (χ0) is 11.8. The number of aromatic nitrogens is 2. The third kappa shape index (κ3) is 2.08. The van der Waals surface area contributed by atoms with E-state index in [1.54, 1.807) is 0 Å². The highest BCUT2D eigenvalue weighted by Gasteiger charge is 2.29. The van der Waals surface area contributed by atoms with E-state index in [0.717, 1.165) is 34.9 Å². The molecular weight excluding hydrogens is 234 g/mol. The van der Waals surface area contributed by atoms with E-state index in [1.165, 1.54) is 0 Å². The maximum absolute atomic E-state index is 5.86. The number of hydrogen-bond donors (Lipinski definition) is 2. The lowest BCUT2D eigenvalue weighted by Crippen LogP contribution is -2.35. The molecule has 1 fully saturated rings. The van der Waals surface area contributed by atoms with Crippen LogP contribution in [-0.2, 0) is 0 Å². The summed E-state index contributed by atoms with van der Waals surface area (Å²) < 4.78 is 0. The van der Waals surface area contributed by atoms with Crippen molar-refractivity contribution in [2.75, 3.05) is 0 Å². The molecule has 0 amide bonds. The SMILES string of the molecule is NC1CC(c2ncc(-c3ccc(Cl)cc3)[nH]2)C1. The zero-order valence-corrected chi connectivity index (χ0v) is 10.1. The molecule has 3 N–H and O–H groups in total. The van der Waals surface area contributed by atoms with Gasteiger partial charge in [0.05, 0.1) is 11.9 Å². The van der Waals surface area contributed by atoms with Crippen molar-refractivity contribution >= 4 is 11.6 Å². The van der Waals surface area contributed by atoms with E-state index in [1.807, 2.05) is 30.5 Å². The van der Waals surface area contributed by atoms with Crippen LogP contribution in [0.1, 0.15) is 24.6 Å². The number of rotatable bonds is 2. The Balaban J connectivity index is 1.82. The summed E-state index contributed by atoms with van der Waals surface area (Å²) in [5.74, 6) is 1.56. The Hall–Kier alpha value is -1.32. The maximum Gasteiger partial charge on any atom is 0.109 e. The summed E-state index contributed by atoms with van der Waals surface area (Å²) in [5.41, 5.74) is 7.93. The Labute approximate surface area is 105 Å². The van der Waals surface area contributed by atoms with Gasteiger partial charge in [-0.05, 0) is 30.5 Å². The monoisotopic (exact) mass is 247 g/mol. The molecule has 1 aromatic carbocycles. The minimum atomic E-state index is 0.351. The molecule has 1 saturated carbocycles. The molecule has 0 aliphatic heterocycles. The molecule has 0 radical (unpaired) electrons. The number of nitrogens with one attached hydrogen (secondary N) is 1. The molecule has 0 bridgehead atoms. The first-order valence-electron chi connectivity index (χ1n) is 5.79. The normalized spacial score (nSPS) is 23.4. The highest BCUT2D eigenvalue weighted by atomic mass is 35.5. The second-order valence-electron chi connectivity index (χ2n) is 4.62. The van der Waals surface area contributed by atoms with Gasteiger partial charge in [0.2, 0.25) is 0 Å². The summed E-state index contributed by atoms with van der Waals surface area (Å²) in [6.45, 7) is 0. The molecule has 1 heterocycles. The summed E-state index contributed by atoms with van der Waals surface area (Å²) in [7, 11) is 0. The molecule has 1 aliphatic carbocycles. The summed E-state index contributed by atoms with van der Waals surface area (Å²) in [6.07, 6.45) is 3.95. The molecule has 0 saturated heterocycles. The van der Waals surface area contributed by atoms with Crippen molar-refractivity contribution in [3.63, 3.8) is 0 Å². The van der Waals surface area contributed by atoms with Crippen molar-refractivity contribution in [1.29, 1.82) is 0 Å². The van der Waals surface area contributed by atoms with Crippen LogP contribution in [0.4, 0.5) is 0 Å². The third-order valence-corrected chi connectivity index (χ3v) is 3.56. The number of imidazole rings is 1. The van der Waals surface area contributed by atoms with E-state index in [4.69, 9.17) is 17.3 Å². The van der Waals surface area contributed by atoms with Gasteiger partial charge in [0.25, 0.3) is 0 Å². The zero-order valence-electron chi connectivity index (χ0n) is 9.36. The standard InChI is InChI=1S/C13H14ClN3/c14-10-3-1-8(2-4-10)12-7-16-13(17-12)9-5-11(15)6-9/h1-4,7,9,11H,5-6,15H2,(H,16,17). The van der Waals surface area contributed by atoms with Crippen molar-refractivity contribution in [3.05, 3.63) is 41.3 Å². The highest BCUT2D eigenvalue weighted by molar-refractivity contribution is 6.30. The van der Waals surface area contributed by atoms with Gasteiger partial charge in [-0.25, -0.2) is 4.98 Å². The van der Waals surface area contributed by atoms with Gasteiger partial charge in [0.1, 0.15) is 5.82 Å². The van der Waals surface area contributed by atoms with Crippen molar-refractivity contribution in [2.45, 2.75) is 24.8 Å². The number of aromatic amines is 1. The Morgan fingerprint density at radius 2 is 1.94 bits per heavy atom. The van der Waals surface area contributed by atoms with Gasteiger partial charge in [-0.3, -0.25) is 0 Å². The first-order chi connectivity index (χ1) is 8.22. The molecule has 17 heavy (non-hydrogen) atoms. The maximum atomic E-state index is 5.86. The van der Waals surface area contributed by atoms with E-state index >= 15 is 0 Å². The molecule has 3 nitrogen and oxygen atoms in total. The van der Waals surface area contributed by atoms with Crippen LogP contribution in [0.2, 0.25) is 5.02 Å². The molecule has 1 aromatic heterocycles. The topological polar surface area (TPSA) is 54.7 Å². The number of nitrogens with zero attached hydrogens (tertiary/aromatic N) is 1. The summed E-state index contributed by atoms with van der Waals surface area (Å²) in [4.78, 5) is 7.79. The van der Waals surface area contributed by atoms with E-state index in [0.29, 0.717) is 12.0 Å². The predicted molar refractivity (Wildman–Crippen MR) is 69.0 cm³/mol. The lowest BCUT2D eigenvalue weighted by Gasteiger charge is -2.30. The van der Waals surface area contributed by atoms with Gasteiger partial charge in [-0.15, -0.1) is 0 Å². The molecule has 4 heteroatoms.